The number of carbonyl (C=O) groups is 2. The van der Waals surface area contributed by atoms with Crippen LogP contribution in [0.5, 0.6) is 0 Å². The highest BCUT2D eigenvalue weighted by Crippen LogP contribution is 2.35. The maximum atomic E-state index is 13.0. The molecule has 0 aliphatic carbocycles. The second kappa shape index (κ2) is 14.0. The minimum atomic E-state index is -1.23. The molecule has 2 heterocycles. The van der Waals surface area contributed by atoms with Crippen LogP contribution in [0, 0.1) is 0 Å². The fourth-order valence-electron chi connectivity index (χ4n) is 5.62. The van der Waals surface area contributed by atoms with Crippen molar-refractivity contribution in [2.24, 2.45) is 5.10 Å². The fraction of sp³-hybridized carbons (Fsp3) is 0.306. The number of hydrogen-bond acceptors (Lipinski definition) is 5. The summed E-state index contributed by atoms with van der Waals surface area (Å²) in [5.41, 5.74) is 6.30. The Bertz CT molecular complexity index is 1520. The van der Waals surface area contributed by atoms with E-state index in [-0.39, 0.29) is 11.3 Å². The number of aliphatic carboxylic acids is 1. The Hall–Kier alpha value is -4.65. The predicted octanol–water partition coefficient (Wildman–Crippen LogP) is 7.60. The van der Waals surface area contributed by atoms with Crippen LogP contribution in [0.3, 0.4) is 0 Å². The summed E-state index contributed by atoms with van der Waals surface area (Å²) in [5.74, 6) is -1.69. The largest absolute Gasteiger partial charge is 0.476 e. The lowest BCUT2D eigenvalue weighted by Gasteiger charge is -2.32. The first-order valence-corrected chi connectivity index (χ1v) is 15.4. The van der Waals surface area contributed by atoms with Crippen LogP contribution in [0.15, 0.2) is 95.6 Å². The smallest absolute Gasteiger partial charge is 0.357 e. The molecule has 2 aliphatic heterocycles. The van der Waals surface area contributed by atoms with Gasteiger partial charge in [0.2, 0.25) is 0 Å². The Morgan fingerprint density at radius 1 is 0.953 bits per heavy atom. The Balaban J connectivity index is 1.32. The molecule has 0 aromatic heterocycles. The molecule has 3 aromatic rings. The highest BCUT2D eigenvalue weighted by atomic mass is 16.4. The second-order valence-electron chi connectivity index (χ2n) is 11.0. The number of carboxylic acid groups (broad SMARTS) is 1. The number of para-hydroxylation sites is 1. The molecule has 3 aromatic carbocycles. The average molecular weight is 577 g/mol. The summed E-state index contributed by atoms with van der Waals surface area (Å²) in [6, 6.07) is 24.3. The number of rotatable bonds is 12. The highest BCUT2D eigenvalue weighted by molar-refractivity contribution is 6.52. The van der Waals surface area contributed by atoms with Crippen LogP contribution in [0.2, 0.25) is 0 Å². The molecule has 0 saturated heterocycles. The van der Waals surface area contributed by atoms with Crippen LogP contribution in [0.25, 0.3) is 6.08 Å². The van der Waals surface area contributed by atoms with Gasteiger partial charge in [-0.1, -0.05) is 63.1 Å². The van der Waals surface area contributed by atoms with Crippen molar-refractivity contribution in [2.45, 2.75) is 52.4 Å². The first-order valence-electron chi connectivity index (χ1n) is 15.4. The number of fused-ring (bicyclic) bond motifs is 1. The molecule has 2 aliphatic rings. The molecule has 43 heavy (non-hydrogen) atoms. The lowest BCUT2D eigenvalue weighted by Crippen LogP contribution is -2.26. The number of carbonyl (C=O) groups excluding carboxylic acids is 1. The van der Waals surface area contributed by atoms with Crippen LogP contribution >= 0.6 is 0 Å². The summed E-state index contributed by atoms with van der Waals surface area (Å²) in [7, 11) is 0. The minimum absolute atomic E-state index is 0.0585. The van der Waals surface area contributed by atoms with E-state index in [4.69, 9.17) is 0 Å². The van der Waals surface area contributed by atoms with Crippen LogP contribution in [0.4, 0.5) is 22.7 Å². The summed E-state index contributed by atoms with van der Waals surface area (Å²) in [5, 5.41) is 14.9. The molecule has 7 nitrogen and oxygen atoms in total. The Kier molecular flexibility index (Phi) is 9.72. The normalized spacial score (nSPS) is 15.7. The van der Waals surface area contributed by atoms with Crippen molar-refractivity contribution in [1.29, 1.82) is 0 Å². The van der Waals surface area contributed by atoms with E-state index in [9.17, 15) is 14.7 Å². The highest BCUT2D eigenvalue weighted by Gasteiger charge is 2.34. The SMILES string of the molecule is CCCCN(CCCC)c1ccc(N2CCCc3cc(/C=C/C=C4\C(=O)N(c5ccccc5)N=C4C(=O)O)ccc32)cc1. The van der Waals surface area contributed by atoms with Crippen LogP contribution < -0.4 is 14.8 Å². The van der Waals surface area contributed by atoms with Crippen molar-refractivity contribution < 1.29 is 14.7 Å². The van der Waals surface area contributed by atoms with Crippen LogP contribution in [-0.4, -0.2) is 42.3 Å². The van der Waals surface area contributed by atoms with Crippen molar-refractivity contribution in [2.75, 3.05) is 34.4 Å². The topological polar surface area (TPSA) is 76.5 Å². The molecule has 1 N–H and O–H groups in total. The number of hydrogen-bond donors (Lipinski definition) is 1. The second-order valence-corrected chi connectivity index (χ2v) is 11.0. The summed E-state index contributed by atoms with van der Waals surface area (Å²) < 4.78 is 0. The Morgan fingerprint density at radius 2 is 1.67 bits per heavy atom. The number of unbranched alkanes of at least 4 members (excludes halogenated alkanes) is 2. The molecule has 5 rings (SSSR count). The summed E-state index contributed by atoms with van der Waals surface area (Å²) in [6.45, 7) is 7.65. The molecular formula is C36H40N4O3. The number of aryl methyl sites for hydroxylation is 1. The van der Waals surface area contributed by atoms with Crippen molar-refractivity contribution in [3.05, 3.63) is 102 Å². The van der Waals surface area contributed by atoms with E-state index in [0.29, 0.717) is 5.69 Å². The summed E-state index contributed by atoms with van der Waals surface area (Å²) in [4.78, 5) is 29.8. The average Bonchev–Trinajstić information content (AvgIpc) is 3.37. The third-order valence-corrected chi connectivity index (χ3v) is 7.94. The molecule has 7 heteroatoms. The number of allylic oxidation sites excluding steroid dienone is 2. The van der Waals surface area contributed by atoms with E-state index >= 15 is 0 Å². The van der Waals surface area contributed by atoms with Gasteiger partial charge in [-0.05, 0) is 91.4 Å². The van der Waals surface area contributed by atoms with Gasteiger partial charge in [-0.15, -0.1) is 0 Å². The fourth-order valence-corrected chi connectivity index (χ4v) is 5.62. The van der Waals surface area contributed by atoms with Crippen molar-refractivity contribution in [3.8, 4) is 0 Å². The zero-order chi connectivity index (χ0) is 30.2. The van der Waals surface area contributed by atoms with E-state index in [1.54, 1.807) is 30.3 Å². The monoisotopic (exact) mass is 576 g/mol. The number of hydrazone groups is 1. The number of nitrogens with zero attached hydrogens (tertiary/aromatic N) is 4. The van der Waals surface area contributed by atoms with Gasteiger partial charge in [-0.2, -0.15) is 10.1 Å². The van der Waals surface area contributed by atoms with Gasteiger partial charge in [0, 0.05) is 36.7 Å². The quantitative estimate of drug-likeness (QED) is 0.225. The third kappa shape index (κ3) is 6.88. The van der Waals surface area contributed by atoms with Gasteiger partial charge in [-0.3, -0.25) is 4.79 Å². The molecule has 0 radical (unpaired) electrons. The van der Waals surface area contributed by atoms with Crippen molar-refractivity contribution in [1.82, 2.24) is 0 Å². The number of amides is 1. The molecule has 0 bridgehead atoms. The third-order valence-electron chi connectivity index (χ3n) is 7.94. The van der Waals surface area contributed by atoms with Gasteiger partial charge in [0.05, 0.1) is 11.3 Å². The summed E-state index contributed by atoms with van der Waals surface area (Å²) in [6.07, 6.45) is 12.0. The van der Waals surface area contributed by atoms with Crippen molar-refractivity contribution in [3.63, 3.8) is 0 Å². The van der Waals surface area contributed by atoms with E-state index in [0.717, 1.165) is 43.0 Å². The molecule has 0 fully saturated rings. The molecular weight excluding hydrogens is 536 g/mol. The minimum Gasteiger partial charge on any atom is -0.476 e. The zero-order valence-corrected chi connectivity index (χ0v) is 25.1. The van der Waals surface area contributed by atoms with Gasteiger partial charge < -0.3 is 14.9 Å². The van der Waals surface area contributed by atoms with Gasteiger partial charge >= 0.3 is 5.97 Å². The van der Waals surface area contributed by atoms with E-state index in [1.807, 2.05) is 12.1 Å². The molecule has 0 saturated carbocycles. The zero-order valence-electron chi connectivity index (χ0n) is 25.1. The molecule has 0 spiro atoms. The number of anilines is 4. The standard InChI is InChI=1S/C36H40N4O3/c1-3-5-23-38(24-6-4-2)29-18-20-30(21-19-29)39-25-11-13-28-26-27(17-22-33(28)39)12-10-16-32-34(36(42)43)37-40(35(32)41)31-14-8-7-9-15-31/h7-10,12,14-22,26H,3-6,11,13,23-25H2,1-2H3,(H,42,43)/b12-10+,32-16-. The molecule has 222 valence electrons. The van der Waals surface area contributed by atoms with Crippen molar-refractivity contribution >= 4 is 46.4 Å². The van der Waals surface area contributed by atoms with E-state index in [2.05, 4.69) is 71.2 Å². The molecule has 1 amide bonds. The lowest BCUT2D eigenvalue weighted by molar-refractivity contribution is -0.129. The predicted molar refractivity (Wildman–Crippen MR) is 176 cm³/mol. The molecule has 0 unspecified atom stereocenters. The molecule has 0 atom stereocenters. The van der Waals surface area contributed by atoms with Crippen LogP contribution in [0.1, 0.15) is 57.1 Å². The van der Waals surface area contributed by atoms with Crippen LogP contribution in [-0.2, 0) is 16.0 Å². The maximum absolute atomic E-state index is 13.0. The Labute approximate surface area is 254 Å². The van der Waals surface area contributed by atoms with Gasteiger partial charge in [0.25, 0.3) is 5.91 Å². The van der Waals surface area contributed by atoms with Gasteiger partial charge in [0.1, 0.15) is 0 Å². The van der Waals surface area contributed by atoms with E-state index < -0.39 is 11.9 Å². The van der Waals surface area contributed by atoms with Gasteiger partial charge in [-0.25, -0.2) is 4.79 Å². The maximum Gasteiger partial charge on any atom is 0.357 e. The Morgan fingerprint density at radius 3 is 2.35 bits per heavy atom. The van der Waals surface area contributed by atoms with E-state index in [1.165, 1.54) is 54.4 Å². The number of benzene rings is 3. The number of carboxylic acids is 1. The first kappa shape index (κ1) is 29.8. The first-order chi connectivity index (χ1) is 21.0. The van der Waals surface area contributed by atoms with Gasteiger partial charge in [0.15, 0.2) is 5.71 Å². The lowest BCUT2D eigenvalue weighted by atomic mass is 9.98. The summed E-state index contributed by atoms with van der Waals surface area (Å²) >= 11 is 0.